The fourth-order valence-electron chi connectivity index (χ4n) is 2.37. The van der Waals surface area contributed by atoms with E-state index in [4.69, 9.17) is 4.74 Å². The van der Waals surface area contributed by atoms with E-state index in [1.807, 2.05) is 13.8 Å². The third-order valence-electron chi connectivity index (χ3n) is 3.21. The summed E-state index contributed by atoms with van der Waals surface area (Å²) in [5, 5.41) is 9.36. The molecule has 17 heavy (non-hydrogen) atoms. The lowest BCUT2D eigenvalue weighted by molar-refractivity contribution is -0.177. The Bertz CT molecular complexity index is 338. The highest BCUT2D eigenvalue weighted by Crippen LogP contribution is 2.50. The van der Waals surface area contributed by atoms with Crippen molar-refractivity contribution in [2.75, 3.05) is 0 Å². The second-order valence-electron chi connectivity index (χ2n) is 6.73. The van der Waals surface area contributed by atoms with E-state index in [9.17, 15) is 14.7 Å². The van der Waals surface area contributed by atoms with Crippen LogP contribution in [0.25, 0.3) is 0 Å². The largest absolute Gasteiger partial charge is 0.480 e. The van der Waals surface area contributed by atoms with Crippen molar-refractivity contribution >= 4 is 11.9 Å². The van der Waals surface area contributed by atoms with Gasteiger partial charge in [0.2, 0.25) is 0 Å². The number of ether oxygens (including phenoxy) is 1. The Labute approximate surface area is 102 Å². The van der Waals surface area contributed by atoms with Crippen LogP contribution in [0.2, 0.25) is 0 Å². The molecule has 1 aliphatic carbocycles. The highest BCUT2D eigenvalue weighted by Gasteiger charge is 2.56. The molecule has 98 valence electrons. The Balaban J connectivity index is 2.96. The van der Waals surface area contributed by atoms with E-state index >= 15 is 0 Å². The van der Waals surface area contributed by atoms with Crippen molar-refractivity contribution in [3.05, 3.63) is 0 Å². The van der Waals surface area contributed by atoms with Crippen molar-refractivity contribution in [1.82, 2.24) is 0 Å². The Morgan fingerprint density at radius 3 is 2.00 bits per heavy atom. The first kappa shape index (κ1) is 14.0. The van der Waals surface area contributed by atoms with Gasteiger partial charge < -0.3 is 9.84 Å². The van der Waals surface area contributed by atoms with Gasteiger partial charge in [-0.05, 0) is 45.4 Å². The van der Waals surface area contributed by atoms with Gasteiger partial charge in [0.05, 0.1) is 0 Å². The zero-order valence-electron chi connectivity index (χ0n) is 11.3. The van der Waals surface area contributed by atoms with E-state index in [-0.39, 0.29) is 5.41 Å². The molecule has 0 bridgehead atoms. The number of carboxylic acid groups (broad SMARTS) is 1. The summed E-state index contributed by atoms with van der Waals surface area (Å²) in [6.07, 6.45) is 1.45. The van der Waals surface area contributed by atoms with Crippen LogP contribution in [0, 0.1) is 10.8 Å². The fourth-order valence-corrected chi connectivity index (χ4v) is 2.37. The van der Waals surface area contributed by atoms with Gasteiger partial charge in [0, 0.05) is 0 Å². The molecule has 1 N–H and O–H groups in total. The quantitative estimate of drug-likeness (QED) is 0.597. The van der Waals surface area contributed by atoms with E-state index in [2.05, 4.69) is 0 Å². The minimum atomic E-state index is -1.35. The summed E-state index contributed by atoms with van der Waals surface area (Å²) < 4.78 is 5.26. The normalized spacial score (nSPS) is 27.8. The van der Waals surface area contributed by atoms with Crippen LogP contribution in [-0.4, -0.2) is 22.6 Å². The van der Waals surface area contributed by atoms with Crippen LogP contribution in [0.4, 0.5) is 0 Å². The predicted molar refractivity (Wildman–Crippen MR) is 63.5 cm³/mol. The van der Waals surface area contributed by atoms with Gasteiger partial charge in [0.25, 0.3) is 0 Å². The highest BCUT2D eigenvalue weighted by molar-refractivity contribution is 5.99. The first-order valence-electron chi connectivity index (χ1n) is 5.95. The van der Waals surface area contributed by atoms with Crippen molar-refractivity contribution in [3.8, 4) is 0 Å². The zero-order valence-corrected chi connectivity index (χ0v) is 11.3. The van der Waals surface area contributed by atoms with Gasteiger partial charge in [-0.3, -0.25) is 9.59 Å². The zero-order chi connectivity index (χ0) is 13.5. The van der Waals surface area contributed by atoms with Gasteiger partial charge in [0.15, 0.2) is 5.41 Å². The summed E-state index contributed by atoms with van der Waals surface area (Å²) in [7, 11) is 0. The molecule has 1 atom stereocenters. The lowest BCUT2D eigenvalue weighted by Gasteiger charge is -2.29. The monoisotopic (exact) mass is 242 g/mol. The molecular formula is C13H22O4. The van der Waals surface area contributed by atoms with Crippen LogP contribution in [0.3, 0.4) is 0 Å². The molecule has 0 saturated heterocycles. The van der Waals surface area contributed by atoms with Crippen molar-refractivity contribution in [3.63, 3.8) is 0 Å². The number of rotatable bonds is 2. The first-order chi connectivity index (χ1) is 7.49. The number of hydrogen-bond donors (Lipinski definition) is 1. The number of esters is 1. The first-order valence-corrected chi connectivity index (χ1v) is 5.95. The molecule has 0 amide bonds. The summed E-state index contributed by atoms with van der Waals surface area (Å²) in [6, 6.07) is 0. The summed E-state index contributed by atoms with van der Waals surface area (Å²) in [5.74, 6) is -1.65. The van der Waals surface area contributed by atoms with Crippen LogP contribution in [0.15, 0.2) is 0 Å². The summed E-state index contributed by atoms with van der Waals surface area (Å²) >= 11 is 0. The highest BCUT2D eigenvalue weighted by atomic mass is 16.6. The number of carbonyl (C=O) groups excluding carboxylic acids is 1. The molecule has 1 rings (SSSR count). The Hall–Kier alpha value is -1.06. The number of carboxylic acids is 1. The molecule has 0 aromatic carbocycles. The summed E-state index contributed by atoms with van der Waals surface area (Å²) in [6.45, 7) is 9.23. The number of hydrogen-bond acceptors (Lipinski definition) is 3. The molecule has 1 saturated carbocycles. The maximum Gasteiger partial charge on any atom is 0.324 e. The van der Waals surface area contributed by atoms with Gasteiger partial charge in [-0.15, -0.1) is 0 Å². The lowest BCUT2D eigenvalue weighted by Crippen LogP contribution is -2.42. The SMILES string of the molecule is CC1(C)CCC(C(=O)O)(C(=O)OC(C)(C)C)C1. The molecule has 4 heteroatoms. The van der Waals surface area contributed by atoms with Gasteiger partial charge >= 0.3 is 11.9 Å². The third-order valence-corrected chi connectivity index (χ3v) is 3.21. The molecule has 4 nitrogen and oxygen atoms in total. The van der Waals surface area contributed by atoms with E-state index in [1.165, 1.54) is 0 Å². The summed E-state index contributed by atoms with van der Waals surface area (Å²) in [5.41, 5.74) is -2.11. The molecular weight excluding hydrogens is 220 g/mol. The van der Waals surface area contributed by atoms with Crippen molar-refractivity contribution in [1.29, 1.82) is 0 Å². The number of carbonyl (C=O) groups is 2. The van der Waals surface area contributed by atoms with Crippen LogP contribution in [-0.2, 0) is 14.3 Å². The molecule has 0 aromatic heterocycles. The van der Waals surface area contributed by atoms with E-state index in [0.29, 0.717) is 12.8 Å². The molecule has 0 aromatic rings. The smallest absolute Gasteiger partial charge is 0.324 e. The molecule has 1 aliphatic rings. The van der Waals surface area contributed by atoms with Crippen LogP contribution < -0.4 is 0 Å². The molecule has 0 heterocycles. The fraction of sp³-hybridized carbons (Fsp3) is 0.846. The molecule has 0 aliphatic heterocycles. The second kappa shape index (κ2) is 4.00. The van der Waals surface area contributed by atoms with Gasteiger partial charge in [-0.25, -0.2) is 0 Å². The maximum absolute atomic E-state index is 12.1. The summed E-state index contributed by atoms with van der Waals surface area (Å²) in [4.78, 5) is 23.5. The molecule has 0 radical (unpaired) electrons. The predicted octanol–water partition coefficient (Wildman–Crippen LogP) is 2.61. The van der Waals surface area contributed by atoms with E-state index in [1.54, 1.807) is 20.8 Å². The standard InChI is InChI=1S/C13H22O4/c1-11(2,3)17-10(16)13(9(14)15)7-6-12(4,5)8-13/h6-8H2,1-5H3,(H,14,15). The van der Waals surface area contributed by atoms with Gasteiger partial charge in [-0.2, -0.15) is 0 Å². The number of aliphatic carboxylic acids is 1. The molecule has 0 spiro atoms. The molecule has 1 fully saturated rings. The maximum atomic E-state index is 12.1. The second-order valence-corrected chi connectivity index (χ2v) is 6.73. The Kier molecular flexibility index (Phi) is 3.29. The lowest BCUT2D eigenvalue weighted by atomic mass is 9.81. The van der Waals surface area contributed by atoms with Crippen LogP contribution in [0.1, 0.15) is 53.9 Å². The Morgan fingerprint density at radius 2 is 1.71 bits per heavy atom. The van der Waals surface area contributed by atoms with E-state index in [0.717, 1.165) is 6.42 Å². The topological polar surface area (TPSA) is 63.6 Å². The van der Waals surface area contributed by atoms with Crippen LogP contribution >= 0.6 is 0 Å². The third kappa shape index (κ3) is 2.99. The average molecular weight is 242 g/mol. The van der Waals surface area contributed by atoms with Gasteiger partial charge in [0.1, 0.15) is 5.60 Å². The minimum absolute atomic E-state index is 0.116. The van der Waals surface area contributed by atoms with Crippen molar-refractivity contribution < 1.29 is 19.4 Å². The average Bonchev–Trinajstić information content (AvgIpc) is 2.40. The van der Waals surface area contributed by atoms with Crippen molar-refractivity contribution in [2.24, 2.45) is 10.8 Å². The van der Waals surface area contributed by atoms with E-state index < -0.39 is 23.0 Å². The van der Waals surface area contributed by atoms with Gasteiger partial charge in [-0.1, -0.05) is 13.8 Å². The van der Waals surface area contributed by atoms with Crippen LogP contribution in [0.5, 0.6) is 0 Å². The minimum Gasteiger partial charge on any atom is -0.480 e. The molecule has 1 unspecified atom stereocenters. The Morgan fingerprint density at radius 1 is 1.18 bits per heavy atom. The van der Waals surface area contributed by atoms with Crippen molar-refractivity contribution in [2.45, 2.75) is 59.5 Å².